The summed E-state index contributed by atoms with van der Waals surface area (Å²) in [6.45, 7) is 8.30. The van der Waals surface area contributed by atoms with Gasteiger partial charge in [-0.25, -0.2) is 4.39 Å². The summed E-state index contributed by atoms with van der Waals surface area (Å²) < 4.78 is 20.7. The largest absolute Gasteiger partial charge is 0.483 e. The normalized spacial score (nSPS) is 11.9. The number of hydrogen-bond donors (Lipinski definition) is 1. The second-order valence-corrected chi connectivity index (χ2v) is 9.94. The summed E-state index contributed by atoms with van der Waals surface area (Å²) in [5, 5.41) is 2.97. The van der Waals surface area contributed by atoms with E-state index in [1.807, 2.05) is 68.4 Å². The molecule has 6 heteroatoms. The summed E-state index contributed by atoms with van der Waals surface area (Å²) >= 11 is 0. The van der Waals surface area contributed by atoms with E-state index < -0.39 is 11.9 Å². The molecule has 0 aliphatic heterocycles. The first kappa shape index (κ1) is 27.9. The first-order chi connectivity index (χ1) is 17.8. The van der Waals surface area contributed by atoms with Gasteiger partial charge in [0, 0.05) is 25.1 Å². The lowest BCUT2D eigenvalue weighted by Gasteiger charge is -2.32. The van der Waals surface area contributed by atoms with E-state index in [1.165, 1.54) is 11.0 Å². The van der Waals surface area contributed by atoms with E-state index in [2.05, 4.69) is 19.2 Å². The van der Waals surface area contributed by atoms with Crippen molar-refractivity contribution in [2.45, 2.75) is 52.6 Å². The molecule has 3 rings (SSSR count). The molecule has 3 aromatic rings. The molecule has 3 aromatic carbocycles. The number of nitrogens with zero attached hydrogens (tertiary/aromatic N) is 1. The van der Waals surface area contributed by atoms with Crippen LogP contribution in [0.1, 0.15) is 50.3 Å². The van der Waals surface area contributed by atoms with E-state index >= 15 is 0 Å². The first-order valence-electron chi connectivity index (χ1n) is 12.8. The maximum atomic E-state index is 14.7. The molecule has 2 amide bonds. The van der Waals surface area contributed by atoms with Crippen LogP contribution in [-0.4, -0.2) is 35.9 Å². The molecule has 0 aromatic heterocycles. The van der Waals surface area contributed by atoms with Crippen LogP contribution in [0.25, 0.3) is 0 Å². The zero-order valence-electron chi connectivity index (χ0n) is 22.1. The van der Waals surface area contributed by atoms with Gasteiger partial charge in [0.15, 0.2) is 6.61 Å². The molecule has 0 saturated heterocycles. The molecule has 0 saturated carbocycles. The summed E-state index contributed by atoms with van der Waals surface area (Å²) in [7, 11) is 0. The predicted octanol–water partition coefficient (Wildman–Crippen LogP) is 5.74. The Labute approximate surface area is 219 Å². The van der Waals surface area contributed by atoms with Gasteiger partial charge in [-0.05, 0) is 35.1 Å². The standard InChI is InChI=1S/C31H37FN2O3/c1-22(2)19-33-31(36)28(18-24-12-6-5-7-13-24)34(20-25-14-8-10-16-27(25)32)30(35)21-37-29-17-11-9-15-26(29)23(3)4/h5-17,22-23,28H,18-21H2,1-4H3,(H,33,36)/t28-/m0/s1. The molecule has 5 nitrogen and oxygen atoms in total. The third kappa shape index (κ3) is 8.17. The minimum Gasteiger partial charge on any atom is -0.483 e. The van der Waals surface area contributed by atoms with Crippen LogP contribution in [0.2, 0.25) is 0 Å². The number of nitrogens with one attached hydrogen (secondary N) is 1. The van der Waals surface area contributed by atoms with Crippen molar-refractivity contribution >= 4 is 11.8 Å². The summed E-state index contributed by atoms with van der Waals surface area (Å²) in [5.41, 5.74) is 2.24. The molecular formula is C31H37FN2O3. The van der Waals surface area contributed by atoms with Gasteiger partial charge >= 0.3 is 0 Å². The third-order valence-electron chi connectivity index (χ3n) is 6.15. The third-order valence-corrected chi connectivity index (χ3v) is 6.15. The molecule has 0 aliphatic rings. The average molecular weight is 505 g/mol. The van der Waals surface area contributed by atoms with E-state index in [0.717, 1.165) is 11.1 Å². The topological polar surface area (TPSA) is 58.6 Å². The highest BCUT2D eigenvalue weighted by molar-refractivity contribution is 5.88. The maximum Gasteiger partial charge on any atom is 0.261 e. The fraction of sp³-hybridized carbons (Fsp3) is 0.355. The molecule has 37 heavy (non-hydrogen) atoms. The molecule has 196 valence electrons. The highest BCUT2D eigenvalue weighted by Crippen LogP contribution is 2.26. The van der Waals surface area contributed by atoms with E-state index in [4.69, 9.17) is 4.74 Å². The summed E-state index contributed by atoms with van der Waals surface area (Å²) in [6.07, 6.45) is 0.299. The van der Waals surface area contributed by atoms with Gasteiger partial charge in [-0.1, -0.05) is 94.4 Å². The number of rotatable bonds is 12. The van der Waals surface area contributed by atoms with E-state index in [9.17, 15) is 14.0 Å². The predicted molar refractivity (Wildman–Crippen MR) is 145 cm³/mol. The minimum absolute atomic E-state index is 0.0483. The molecule has 0 aliphatic carbocycles. The van der Waals surface area contributed by atoms with Gasteiger partial charge in [0.2, 0.25) is 5.91 Å². The number of halogens is 1. The Hall–Kier alpha value is -3.67. The molecule has 0 radical (unpaired) electrons. The maximum absolute atomic E-state index is 14.7. The van der Waals surface area contributed by atoms with Crippen LogP contribution in [0.3, 0.4) is 0 Å². The Balaban J connectivity index is 1.93. The summed E-state index contributed by atoms with van der Waals surface area (Å²) in [5.74, 6) is 0.00150. The van der Waals surface area contributed by atoms with Crippen LogP contribution in [0.4, 0.5) is 4.39 Å². The van der Waals surface area contributed by atoms with E-state index in [0.29, 0.717) is 24.3 Å². The number of benzene rings is 3. The lowest BCUT2D eigenvalue weighted by Crippen LogP contribution is -2.52. The van der Waals surface area contributed by atoms with Crippen molar-refractivity contribution in [1.29, 1.82) is 0 Å². The van der Waals surface area contributed by atoms with Crippen LogP contribution >= 0.6 is 0 Å². The van der Waals surface area contributed by atoms with Crippen LogP contribution in [0, 0.1) is 11.7 Å². The SMILES string of the molecule is CC(C)CNC(=O)[C@H](Cc1ccccc1)N(Cc1ccccc1F)C(=O)COc1ccccc1C(C)C. The average Bonchev–Trinajstić information content (AvgIpc) is 2.89. The number of para-hydroxylation sites is 1. The minimum atomic E-state index is -0.836. The Bertz CT molecular complexity index is 1160. The van der Waals surface area contributed by atoms with Crippen molar-refractivity contribution in [3.63, 3.8) is 0 Å². The number of carbonyl (C=O) groups excluding carboxylic acids is 2. The quantitative estimate of drug-likeness (QED) is 0.342. The highest BCUT2D eigenvalue weighted by atomic mass is 19.1. The number of carbonyl (C=O) groups is 2. The fourth-order valence-corrected chi connectivity index (χ4v) is 4.10. The Morgan fingerprint density at radius 2 is 1.54 bits per heavy atom. The lowest BCUT2D eigenvalue weighted by atomic mass is 10.0. The molecule has 0 spiro atoms. The summed E-state index contributed by atoms with van der Waals surface area (Å²) in [6, 6.07) is 22.6. The molecule has 1 N–H and O–H groups in total. The highest BCUT2D eigenvalue weighted by Gasteiger charge is 2.31. The van der Waals surface area contributed by atoms with Crippen molar-refractivity contribution in [2.75, 3.05) is 13.2 Å². The summed E-state index contributed by atoms with van der Waals surface area (Å²) in [4.78, 5) is 28.6. The van der Waals surface area contributed by atoms with Crippen LogP contribution in [0.5, 0.6) is 5.75 Å². The second-order valence-electron chi connectivity index (χ2n) is 9.94. The fourth-order valence-electron chi connectivity index (χ4n) is 4.10. The molecule has 0 bridgehead atoms. The molecular weight excluding hydrogens is 467 g/mol. The van der Waals surface area contributed by atoms with Gasteiger partial charge in [0.25, 0.3) is 5.91 Å². The lowest BCUT2D eigenvalue weighted by molar-refractivity contribution is -0.142. The molecule has 0 unspecified atom stereocenters. The smallest absolute Gasteiger partial charge is 0.261 e. The Morgan fingerprint density at radius 3 is 2.22 bits per heavy atom. The molecule has 0 fully saturated rings. The van der Waals surface area contributed by atoms with Crippen LogP contribution < -0.4 is 10.1 Å². The molecule has 1 atom stereocenters. The van der Waals surface area contributed by atoms with Gasteiger partial charge < -0.3 is 15.0 Å². The monoisotopic (exact) mass is 504 g/mol. The first-order valence-corrected chi connectivity index (χ1v) is 12.8. The van der Waals surface area contributed by atoms with Gasteiger partial charge in [0.05, 0.1) is 0 Å². The van der Waals surface area contributed by atoms with E-state index in [1.54, 1.807) is 18.2 Å². The van der Waals surface area contributed by atoms with Crippen LogP contribution in [-0.2, 0) is 22.6 Å². The van der Waals surface area contributed by atoms with Gasteiger partial charge in [-0.2, -0.15) is 0 Å². The van der Waals surface area contributed by atoms with Gasteiger partial charge in [-0.3, -0.25) is 9.59 Å². The molecule has 0 heterocycles. The van der Waals surface area contributed by atoms with Crippen LogP contribution in [0.15, 0.2) is 78.9 Å². The number of amides is 2. The zero-order valence-corrected chi connectivity index (χ0v) is 22.1. The Morgan fingerprint density at radius 1 is 0.892 bits per heavy atom. The van der Waals surface area contributed by atoms with Crippen molar-refractivity contribution < 1.29 is 18.7 Å². The Kier molecular flexibility index (Phi) is 10.2. The van der Waals surface area contributed by atoms with Gasteiger partial charge in [0.1, 0.15) is 17.6 Å². The van der Waals surface area contributed by atoms with Crippen molar-refractivity contribution in [3.05, 3.63) is 101 Å². The van der Waals surface area contributed by atoms with Crippen molar-refractivity contribution in [2.24, 2.45) is 5.92 Å². The van der Waals surface area contributed by atoms with Gasteiger partial charge in [-0.15, -0.1) is 0 Å². The zero-order chi connectivity index (χ0) is 26.8. The van der Waals surface area contributed by atoms with Crippen molar-refractivity contribution in [1.82, 2.24) is 10.2 Å². The number of hydrogen-bond acceptors (Lipinski definition) is 3. The van der Waals surface area contributed by atoms with Crippen molar-refractivity contribution in [3.8, 4) is 5.75 Å². The van der Waals surface area contributed by atoms with E-state index in [-0.39, 0.29) is 36.8 Å². The number of ether oxygens (including phenoxy) is 1. The second kappa shape index (κ2) is 13.6.